The van der Waals surface area contributed by atoms with Crippen molar-refractivity contribution in [3.05, 3.63) is 60.7 Å². The fraction of sp³-hybridized carbons (Fsp3) is 0.385. The summed E-state index contributed by atoms with van der Waals surface area (Å²) in [5.41, 5.74) is 0.897. The predicted octanol–water partition coefficient (Wildman–Crippen LogP) is 4.06. The van der Waals surface area contributed by atoms with Gasteiger partial charge in [0.2, 0.25) is 10.0 Å². The van der Waals surface area contributed by atoms with E-state index in [1.165, 1.54) is 0 Å². The van der Waals surface area contributed by atoms with E-state index in [4.69, 9.17) is 21.1 Å². The number of para-hydroxylation sites is 1. The van der Waals surface area contributed by atoms with Crippen LogP contribution >= 0.6 is 11.6 Å². The Labute approximate surface area is 211 Å². The molecule has 3 aromatic carbocycles. The van der Waals surface area contributed by atoms with Crippen molar-refractivity contribution in [1.29, 1.82) is 0 Å². The molecule has 1 saturated heterocycles. The Kier molecular flexibility index (Phi) is 7.34. The highest BCUT2D eigenvalue weighted by Gasteiger charge is 2.28. The highest BCUT2D eigenvalue weighted by atomic mass is 35.5. The molecule has 186 valence electrons. The number of hydrogen-bond acceptors (Lipinski definition) is 6. The number of hydrogen-bond donors (Lipinski definition) is 1. The molecule has 2 aliphatic heterocycles. The third-order valence-electron chi connectivity index (χ3n) is 6.51. The molecule has 2 aliphatic rings. The van der Waals surface area contributed by atoms with Crippen LogP contribution in [0.5, 0.6) is 11.5 Å². The molecule has 5 rings (SSSR count). The molecule has 0 aromatic heterocycles. The number of ether oxygens (including phenoxy) is 2. The first kappa shape index (κ1) is 24.2. The molecule has 0 amide bonds. The minimum Gasteiger partial charge on any atom is -0.486 e. The van der Waals surface area contributed by atoms with Gasteiger partial charge >= 0.3 is 0 Å². The van der Waals surface area contributed by atoms with Crippen LogP contribution in [0.15, 0.2) is 65.6 Å². The molecule has 0 saturated carbocycles. The van der Waals surface area contributed by atoms with Crippen LogP contribution < -0.4 is 19.1 Å². The molecule has 0 radical (unpaired) electrons. The molecular formula is C26H30ClN3O4S. The van der Waals surface area contributed by atoms with E-state index in [0.29, 0.717) is 31.2 Å². The number of alkyl halides is 1. The zero-order valence-corrected chi connectivity index (χ0v) is 21.1. The second kappa shape index (κ2) is 10.6. The Morgan fingerprint density at radius 1 is 0.943 bits per heavy atom. The highest BCUT2D eigenvalue weighted by Crippen LogP contribution is 2.40. The highest BCUT2D eigenvalue weighted by molar-refractivity contribution is 7.89. The number of unbranched alkanes of at least 4 members (excludes halogenated alkanes) is 1. The van der Waals surface area contributed by atoms with Crippen LogP contribution in [-0.4, -0.2) is 64.8 Å². The maximum Gasteiger partial charge on any atom is 0.240 e. The second-order valence-corrected chi connectivity index (χ2v) is 11.1. The maximum atomic E-state index is 12.7. The smallest absolute Gasteiger partial charge is 0.240 e. The fourth-order valence-electron chi connectivity index (χ4n) is 4.62. The van der Waals surface area contributed by atoms with Crippen molar-refractivity contribution < 1.29 is 17.9 Å². The number of nitrogens with one attached hydrogen (secondary N) is 1. The fourth-order valence-corrected chi connectivity index (χ4v) is 6.09. The summed E-state index contributed by atoms with van der Waals surface area (Å²) in [6.07, 6.45) is 1.61. The molecule has 35 heavy (non-hydrogen) atoms. The number of piperazine rings is 1. The summed E-state index contributed by atoms with van der Waals surface area (Å²) in [4.78, 5) is 4.80. The summed E-state index contributed by atoms with van der Waals surface area (Å²) in [6, 6.07) is 18.9. The van der Waals surface area contributed by atoms with Crippen LogP contribution in [0.1, 0.15) is 12.8 Å². The van der Waals surface area contributed by atoms with E-state index in [1.54, 1.807) is 12.1 Å². The SMILES string of the molecule is O=S(=O)(NCCCCN1CCN(c2cccc3c2OCCO3)CC1Cl)c1ccc2ccccc2c1. The average Bonchev–Trinajstić information content (AvgIpc) is 2.88. The van der Waals surface area contributed by atoms with Gasteiger partial charge in [0.05, 0.1) is 10.6 Å². The topological polar surface area (TPSA) is 71.1 Å². The lowest BCUT2D eigenvalue weighted by molar-refractivity contribution is 0.171. The normalized spacial score (nSPS) is 18.7. The summed E-state index contributed by atoms with van der Waals surface area (Å²) < 4.78 is 39.7. The Bertz CT molecular complexity index is 1290. The average molecular weight is 516 g/mol. The minimum atomic E-state index is -3.53. The van der Waals surface area contributed by atoms with E-state index in [2.05, 4.69) is 20.6 Å². The van der Waals surface area contributed by atoms with Crippen molar-refractivity contribution in [2.24, 2.45) is 0 Å². The van der Waals surface area contributed by atoms with Gasteiger partial charge in [-0.15, -0.1) is 11.6 Å². The summed E-state index contributed by atoms with van der Waals surface area (Å²) in [6.45, 7) is 4.72. The van der Waals surface area contributed by atoms with E-state index in [0.717, 1.165) is 60.4 Å². The van der Waals surface area contributed by atoms with E-state index in [-0.39, 0.29) is 5.50 Å². The monoisotopic (exact) mass is 515 g/mol. The first-order valence-corrected chi connectivity index (χ1v) is 13.9. The zero-order valence-electron chi connectivity index (χ0n) is 19.5. The standard InChI is InChI=1S/C26H30ClN3O4S/c27-25-19-30(23-8-5-9-24-26(23)34-17-16-33-24)15-14-29(25)13-4-3-12-28-35(31,32)22-11-10-20-6-1-2-7-21(20)18-22/h1-2,5-11,18,25,28H,3-4,12-17,19H2. The third-order valence-corrected chi connectivity index (χ3v) is 8.38. The molecule has 0 bridgehead atoms. The van der Waals surface area contributed by atoms with Gasteiger partial charge in [-0.2, -0.15) is 0 Å². The van der Waals surface area contributed by atoms with Gasteiger partial charge in [0.15, 0.2) is 11.5 Å². The number of halogens is 1. The van der Waals surface area contributed by atoms with Gasteiger partial charge < -0.3 is 14.4 Å². The maximum absolute atomic E-state index is 12.7. The second-order valence-electron chi connectivity index (χ2n) is 8.83. The van der Waals surface area contributed by atoms with Gasteiger partial charge in [0, 0.05) is 26.2 Å². The number of rotatable bonds is 8. The zero-order chi connectivity index (χ0) is 24.3. The van der Waals surface area contributed by atoms with Crippen LogP contribution in [0.2, 0.25) is 0 Å². The molecule has 1 fully saturated rings. The van der Waals surface area contributed by atoms with E-state index >= 15 is 0 Å². The number of nitrogens with zero attached hydrogens (tertiary/aromatic N) is 2. The molecule has 0 aliphatic carbocycles. The lowest BCUT2D eigenvalue weighted by Gasteiger charge is -2.40. The minimum absolute atomic E-state index is 0.126. The summed E-state index contributed by atoms with van der Waals surface area (Å²) in [7, 11) is -3.53. The first-order chi connectivity index (χ1) is 17.0. The Balaban J connectivity index is 1.09. The summed E-state index contributed by atoms with van der Waals surface area (Å²) in [5, 5.41) is 1.94. The van der Waals surface area contributed by atoms with Crippen LogP contribution in [0.4, 0.5) is 5.69 Å². The van der Waals surface area contributed by atoms with E-state index in [1.807, 2.05) is 42.5 Å². The molecule has 9 heteroatoms. The Morgan fingerprint density at radius 3 is 2.63 bits per heavy atom. The number of anilines is 1. The van der Waals surface area contributed by atoms with E-state index < -0.39 is 10.0 Å². The van der Waals surface area contributed by atoms with Crippen molar-refractivity contribution in [3.63, 3.8) is 0 Å². The molecule has 2 heterocycles. The van der Waals surface area contributed by atoms with E-state index in [9.17, 15) is 8.42 Å². The van der Waals surface area contributed by atoms with Gasteiger partial charge in [0.25, 0.3) is 0 Å². The van der Waals surface area contributed by atoms with Crippen LogP contribution in [0.3, 0.4) is 0 Å². The molecule has 1 atom stereocenters. The molecule has 7 nitrogen and oxygen atoms in total. The van der Waals surface area contributed by atoms with Gasteiger partial charge in [-0.3, -0.25) is 4.90 Å². The van der Waals surface area contributed by atoms with Gasteiger partial charge in [-0.1, -0.05) is 36.4 Å². The lowest BCUT2D eigenvalue weighted by Crippen LogP contribution is -2.51. The quantitative estimate of drug-likeness (QED) is 0.277. The largest absolute Gasteiger partial charge is 0.486 e. The molecular weight excluding hydrogens is 486 g/mol. The van der Waals surface area contributed by atoms with Crippen molar-refractivity contribution in [3.8, 4) is 11.5 Å². The number of fused-ring (bicyclic) bond motifs is 2. The number of benzene rings is 3. The van der Waals surface area contributed by atoms with Crippen molar-refractivity contribution >= 4 is 38.1 Å². The summed E-state index contributed by atoms with van der Waals surface area (Å²) in [5.74, 6) is 1.59. The van der Waals surface area contributed by atoms with Crippen LogP contribution in [0.25, 0.3) is 10.8 Å². The van der Waals surface area contributed by atoms with Crippen LogP contribution in [0, 0.1) is 0 Å². The first-order valence-electron chi connectivity index (χ1n) is 12.0. The van der Waals surface area contributed by atoms with Crippen LogP contribution in [-0.2, 0) is 10.0 Å². The number of sulfonamides is 1. The third kappa shape index (κ3) is 5.51. The lowest BCUT2D eigenvalue weighted by atomic mass is 10.1. The Morgan fingerprint density at radius 2 is 1.77 bits per heavy atom. The summed E-state index contributed by atoms with van der Waals surface area (Å²) >= 11 is 6.72. The van der Waals surface area contributed by atoms with Gasteiger partial charge in [-0.05, 0) is 54.4 Å². The Hall–Kier alpha value is -2.52. The molecule has 3 aromatic rings. The van der Waals surface area contributed by atoms with Crippen molar-refractivity contribution in [2.45, 2.75) is 23.2 Å². The molecule has 1 N–H and O–H groups in total. The molecule has 1 unspecified atom stereocenters. The van der Waals surface area contributed by atoms with Gasteiger partial charge in [-0.25, -0.2) is 13.1 Å². The van der Waals surface area contributed by atoms with Crippen molar-refractivity contribution in [1.82, 2.24) is 9.62 Å². The van der Waals surface area contributed by atoms with Gasteiger partial charge in [0.1, 0.15) is 18.7 Å². The predicted molar refractivity (Wildman–Crippen MR) is 139 cm³/mol. The van der Waals surface area contributed by atoms with Crippen molar-refractivity contribution in [2.75, 3.05) is 50.8 Å². The molecule has 0 spiro atoms.